The van der Waals surface area contributed by atoms with Crippen LogP contribution < -0.4 is 14.5 Å². The zero-order valence-corrected chi connectivity index (χ0v) is 17.8. The van der Waals surface area contributed by atoms with E-state index in [0.717, 1.165) is 12.1 Å². The molecule has 2 aliphatic carbocycles. The highest BCUT2D eigenvalue weighted by Crippen LogP contribution is 2.53. The molecule has 2 heterocycles. The van der Waals surface area contributed by atoms with Gasteiger partial charge in [0, 0.05) is 24.7 Å². The SMILES string of the molecule is O=C(Oc1cccc(N2C(=O)[C@H]3[C@H](C2=O)[C@H]2C=C[C@H]3C2)c1)[C@H]1CC(=O)N(c2ccccc2)C1. The van der Waals surface area contributed by atoms with Gasteiger partial charge in [0.25, 0.3) is 0 Å². The number of hydrogen-bond donors (Lipinski definition) is 0. The number of allylic oxidation sites excluding steroid dienone is 2. The van der Waals surface area contributed by atoms with Crippen molar-refractivity contribution in [3.63, 3.8) is 0 Å². The third kappa shape index (κ3) is 3.10. The fraction of sp³-hybridized carbons (Fsp3) is 0.308. The molecule has 0 radical (unpaired) electrons. The summed E-state index contributed by atoms with van der Waals surface area (Å²) in [5.41, 5.74) is 1.16. The first kappa shape index (κ1) is 19.9. The van der Waals surface area contributed by atoms with E-state index in [1.54, 1.807) is 29.2 Å². The van der Waals surface area contributed by atoms with Crippen LogP contribution in [-0.2, 0) is 19.2 Å². The van der Waals surface area contributed by atoms with E-state index in [4.69, 9.17) is 4.74 Å². The summed E-state index contributed by atoms with van der Waals surface area (Å²) in [5, 5.41) is 0. The van der Waals surface area contributed by atoms with Crippen LogP contribution in [0.5, 0.6) is 5.75 Å². The number of carbonyl (C=O) groups is 4. The van der Waals surface area contributed by atoms with Gasteiger partial charge >= 0.3 is 5.97 Å². The van der Waals surface area contributed by atoms with Crippen LogP contribution in [0.4, 0.5) is 11.4 Å². The van der Waals surface area contributed by atoms with E-state index in [1.807, 2.05) is 30.3 Å². The van der Waals surface area contributed by atoms with Crippen LogP contribution in [0.15, 0.2) is 66.7 Å². The van der Waals surface area contributed by atoms with E-state index in [-0.39, 0.29) is 60.1 Å². The molecule has 0 spiro atoms. The molecule has 4 aliphatic rings. The Kier molecular flexibility index (Phi) is 4.47. The van der Waals surface area contributed by atoms with Crippen molar-refractivity contribution < 1.29 is 23.9 Å². The molecular weight excluding hydrogens is 420 g/mol. The van der Waals surface area contributed by atoms with Crippen LogP contribution >= 0.6 is 0 Å². The first-order valence-corrected chi connectivity index (χ1v) is 11.2. The van der Waals surface area contributed by atoms with E-state index in [1.165, 1.54) is 4.90 Å². The number of rotatable bonds is 4. The van der Waals surface area contributed by atoms with Crippen molar-refractivity contribution in [2.45, 2.75) is 12.8 Å². The van der Waals surface area contributed by atoms with Gasteiger partial charge in [0.1, 0.15) is 5.75 Å². The first-order chi connectivity index (χ1) is 16.0. The Hall–Kier alpha value is -3.74. The lowest BCUT2D eigenvalue weighted by atomic mass is 9.85. The fourth-order valence-electron chi connectivity index (χ4n) is 5.77. The van der Waals surface area contributed by atoms with Gasteiger partial charge in [-0.2, -0.15) is 0 Å². The molecule has 5 atom stereocenters. The van der Waals surface area contributed by atoms with Gasteiger partial charge in [-0.15, -0.1) is 0 Å². The fourth-order valence-corrected chi connectivity index (χ4v) is 5.77. The van der Waals surface area contributed by atoms with Crippen molar-refractivity contribution in [1.29, 1.82) is 0 Å². The number of ether oxygens (including phenoxy) is 1. The molecule has 0 unspecified atom stereocenters. The van der Waals surface area contributed by atoms with Gasteiger partial charge in [-0.05, 0) is 42.5 Å². The molecule has 2 saturated heterocycles. The maximum absolute atomic E-state index is 13.1. The molecule has 0 N–H and O–H groups in total. The minimum atomic E-state index is -0.586. The predicted molar refractivity (Wildman–Crippen MR) is 119 cm³/mol. The topological polar surface area (TPSA) is 84.0 Å². The molecule has 7 heteroatoms. The lowest BCUT2D eigenvalue weighted by molar-refractivity contribution is -0.139. The Morgan fingerprint density at radius 2 is 1.52 bits per heavy atom. The highest BCUT2D eigenvalue weighted by molar-refractivity contribution is 6.22. The van der Waals surface area contributed by atoms with Crippen LogP contribution in [0.25, 0.3) is 0 Å². The van der Waals surface area contributed by atoms with E-state index in [0.29, 0.717) is 5.69 Å². The zero-order valence-electron chi connectivity index (χ0n) is 17.8. The highest BCUT2D eigenvalue weighted by atomic mass is 16.5. The summed E-state index contributed by atoms with van der Waals surface area (Å²) in [6.45, 7) is 0.254. The van der Waals surface area contributed by atoms with Crippen LogP contribution in [-0.4, -0.2) is 30.2 Å². The minimum Gasteiger partial charge on any atom is -0.426 e. The molecule has 0 aromatic heterocycles. The molecule has 6 rings (SSSR count). The average Bonchev–Trinajstić information content (AvgIpc) is 3.58. The maximum atomic E-state index is 13.1. The second-order valence-electron chi connectivity index (χ2n) is 9.17. The van der Waals surface area contributed by atoms with Crippen LogP contribution in [0.3, 0.4) is 0 Å². The minimum absolute atomic E-state index is 0.0790. The van der Waals surface area contributed by atoms with E-state index < -0.39 is 11.9 Å². The van der Waals surface area contributed by atoms with Gasteiger partial charge in [0.15, 0.2) is 0 Å². The number of anilines is 2. The summed E-state index contributed by atoms with van der Waals surface area (Å²) < 4.78 is 5.57. The second kappa shape index (κ2) is 7.40. The van der Waals surface area contributed by atoms with Gasteiger partial charge < -0.3 is 9.64 Å². The van der Waals surface area contributed by atoms with Gasteiger partial charge in [0.05, 0.1) is 23.4 Å². The summed E-state index contributed by atoms with van der Waals surface area (Å²) >= 11 is 0. The van der Waals surface area contributed by atoms with Gasteiger partial charge in [-0.1, -0.05) is 36.4 Å². The van der Waals surface area contributed by atoms with Crippen molar-refractivity contribution >= 4 is 35.1 Å². The Balaban J connectivity index is 1.17. The van der Waals surface area contributed by atoms with Gasteiger partial charge in [-0.25, -0.2) is 4.90 Å². The molecule has 2 aromatic rings. The molecule has 3 amide bonds. The van der Waals surface area contributed by atoms with Crippen molar-refractivity contribution in [3.05, 3.63) is 66.7 Å². The third-order valence-electron chi connectivity index (χ3n) is 7.29. The zero-order chi connectivity index (χ0) is 22.7. The smallest absolute Gasteiger partial charge is 0.316 e. The quantitative estimate of drug-likeness (QED) is 0.315. The van der Waals surface area contributed by atoms with Gasteiger partial charge in [0.2, 0.25) is 17.7 Å². The summed E-state index contributed by atoms with van der Waals surface area (Å²) in [7, 11) is 0. The Morgan fingerprint density at radius 1 is 0.848 bits per heavy atom. The standard InChI is InChI=1S/C26H22N2O5/c29-21-12-17(14-27(21)18-5-2-1-3-6-18)26(32)33-20-8-4-7-19(13-20)28-24(30)22-15-9-10-16(11-15)23(22)25(28)31/h1-10,13,15-17,22-23H,11-12,14H2/t15-,16-,17-,22+,23+/m0/s1. The van der Waals surface area contributed by atoms with Gasteiger partial charge in [-0.3, -0.25) is 19.2 Å². The van der Waals surface area contributed by atoms with E-state index >= 15 is 0 Å². The molecular formula is C26H22N2O5. The summed E-state index contributed by atoms with van der Waals surface area (Å²) in [6.07, 6.45) is 5.06. The Labute approximate surface area is 190 Å². The van der Waals surface area contributed by atoms with Crippen LogP contribution in [0.2, 0.25) is 0 Å². The summed E-state index contributed by atoms with van der Waals surface area (Å²) in [6, 6.07) is 15.7. The highest BCUT2D eigenvalue weighted by Gasteiger charge is 2.59. The molecule has 2 aliphatic heterocycles. The number of imide groups is 1. The van der Waals surface area contributed by atoms with Crippen molar-refractivity contribution in [1.82, 2.24) is 0 Å². The molecule has 1 saturated carbocycles. The average molecular weight is 442 g/mol. The largest absolute Gasteiger partial charge is 0.426 e. The summed E-state index contributed by atoms with van der Waals surface area (Å²) in [4.78, 5) is 54.2. The molecule has 166 valence electrons. The number of hydrogen-bond acceptors (Lipinski definition) is 5. The Morgan fingerprint density at radius 3 is 2.21 bits per heavy atom. The molecule has 7 nitrogen and oxygen atoms in total. The van der Waals surface area contributed by atoms with Crippen molar-refractivity contribution in [2.24, 2.45) is 29.6 Å². The Bertz CT molecular complexity index is 1180. The number of benzene rings is 2. The normalized spacial score (nSPS) is 29.8. The second-order valence-corrected chi connectivity index (χ2v) is 9.17. The first-order valence-electron chi connectivity index (χ1n) is 11.2. The molecule has 2 bridgehead atoms. The molecule has 3 fully saturated rings. The number of esters is 1. The number of amides is 3. The van der Waals surface area contributed by atoms with E-state index in [9.17, 15) is 19.2 Å². The predicted octanol–water partition coefficient (Wildman–Crippen LogP) is 2.96. The van der Waals surface area contributed by atoms with Crippen LogP contribution in [0, 0.1) is 29.6 Å². The lowest BCUT2D eigenvalue weighted by Crippen LogP contribution is -2.32. The number of carbonyl (C=O) groups excluding carboxylic acids is 4. The van der Waals surface area contributed by atoms with E-state index in [2.05, 4.69) is 12.2 Å². The number of nitrogens with zero attached hydrogens (tertiary/aromatic N) is 2. The molecule has 33 heavy (non-hydrogen) atoms. The third-order valence-corrected chi connectivity index (χ3v) is 7.29. The van der Waals surface area contributed by atoms with Crippen LogP contribution in [0.1, 0.15) is 12.8 Å². The lowest BCUT2D eigenvalue weighted by Gasteiger charge is -2.18. The van der Waals surface area contributed by atoms with Crippen molar-refractivity contribution in [2.75, 3.05) is 16.3 Å². The summed E-state index contributed by atoms with van der Waals surface area (Å²) in [5.74, 6) is -1.61. The molecule has 2 aromatic carbocycles. The number of para-hydroxylation sites is 1. The maximum Gasteiger partial charge on any atom is 0.316 e. The van der Waals surface area contributed by atoms with Crippen molar-refractivity contribution in [3.8, 4) is 5.75 Å². The monoisotopic (exact) mass is 442 g/mol. The number of fused-ring (bicyclic) bond motifs is 5.